The second-order valence-electron chi connectivity index (χ2n) is 9.12. The van der Waals surface area contributed by atoms with Crippen LogP contribution in [-0.4, -0.2) is 33.4 Å². The molecule has 0 aliphatic heterocycles. The Kier molecular flexibility index (Phi) is 7.55. The van der Waals surface area contributed by atoms with E-state index in [9.17, 15) is 9.59 Å². The zero-order valence-corrected chi connectivity index (χ0v) is 20.4. The van der Waals surface area contributed by atoms with Gasteiger partial charge in [0.2, 0.25) is 11.8 Å². The highest BCUT2D eigenvalue weighted by Gasteiger charge is 2.33. The quantitative estimate of drug-likeness (QED) is 0.386. The molecule has 7 nitrogen and oxygen atoms in total. The van der Waals surface area contributed by atoms with E-state index in [1.165, 1.54) is 0 Å². The highest BCUT2D eigenvalue weighted by molar-refractivity contribution is 6.01. The van der Waals surface area contributed by atoms with Gasteiger partial charge in [-0.15, -0.1) is 5.10 Å². The normalized spacial score (nSPS) is 12.0. The molecular formula is C28H31N5O2. The Bertz CT molecular complexity index is 1280. The lowest BCUT2D eigenvalue weighted by Gasteiger charge is -2.31. The number of hydrogen-bond donors (Lipinski definition) is 1. The molecule has 7 heteroatoms. The van der Waals surface area contributed by atoms with Crippen molar-refractivity contribution >= 4 is 28.5 Å². The Morgan fingerprint density at radius 1 is 0.943 bits per heavy atom. The number of amides is 2. The molecule has 1 N–H and O–H groups in total. The number of anilines is 1. The van der Waals surface area contributed by atoms with Crippen LogP contribution in [0.3, 0.4) is 0 Å². The van der Waals surface area contributed by atoms with E-state index in [4.69, 9.17) is 0 Å². The maximum atomic E-state index is 13.9. The van der Waals surface area contributed by atoms with Gasteiger partial charge in [0, 0.05) is 12.2 Å². The Labute approximate surface area is 205 Å². The lowest BCUT2D eigenvalue weighted by Crippen LogP contribution is -2.45. The summed E-state index contributed by atoms with van der Waals surface area (Å²) < 4.78 is 1.58. The predicted molar refractivity (Wildman–Crippen MR) is 138 cm³/mol. The smallest absolute Gasteiger partial charge is 0.249 e. The van der Waals surface area contributed by atoms with E-state index in [1.807, 2.05) is 85.8 Å². The summed E-state index contributed by atoms with van der Waals surface area (Å²) in [5, 5.41) is 11.4. The first-order valence-electron chi connectivity index (χ1n) is 11.9. The Hall–Kier alpha value is -4.00. The van der Waals surface area contributed by atoms with E-state index in [-0.39, 0.29) is 18.4 Å². The summed E-state index contributed by atoms with van der Waals surface area (Å²) in [4.78, 5) is 29.1. The lowest BCUT2D eigenvalue weighted by atomic mass is 10.0. The standard InChI is InChI=1S/C28H31N5O2/c1-20(2)17-18-29-28(35)27(22-9-5-4-6-10-22)33(23-15-13-21(3)14-16-23)26(34)19-32-25-12-8-7-11-24(25)30-31-32/h4-16,20,27H,17-19H2,1-3H3,(H,29,35)/t27-/m0/s1. The molecule has 1 aromatic heterocycles. The van der Waals surface area contributed by atoms with Gasteiger partial charge in [-0.25, -0.2) is 4.68 Å². The summed E-state index contributed by atoms with van der Waals surface area (Å²) in [6.07, 6.45) is 0.858. The summed E-state index contributed by atoms with van der Waals surface area (Å²) in [6.45, 7) is 6.72. The third kappa shape index (κ3) is 5.74. The minimum atomic E-state index is -0.826. The third-order valence-electron chi connectivity index (χ3n) is 5.93. The molecule has 0 radical (unpaired) electrons. The summed E-state index contributed by atoms with van der Waals surface area (Å²) in [6, 6.07) is 23.8. The average Bonchev–Trinajstić information content (AvgIpc) is 3.26. The Morgan fingerprint density at radius 3 is 2.34 bits per heavy atom. The van der Waals surface area contributed by atoms with Crippen LogP contribution >= 0.6 is 0 Å². The van der Waals surface area contributed by atoms with Crippen molar-refractivity contribution in [2.24, 2.45) is 5.92 Å². The molecule has 0 aliphatic rings. The molecule has 0 spiro atoms. The first-order valence-corrected chi connectivity index (χ1v) is 11.9. The van der Waals surface area contributed by atoms with Crippen LogP contribution in [0, 0.1) is 12.8 Å². The summed E-state index contributed by atoms with van der Waals surface area (Å²) >= 11 is 0. The molecule has 0 saturated carbocycles. The summed E-state index contributed by atoms with van der Waals surface area (Å²) in [5.41, 5.74) is 3.95. The topological polar surface area (TPSA) is 80.1 Å². The van der Waals surface area contributed by atoms with Gasteiger partial charge in [0.1, 0.15) is 18.1 Å². The molecule has 0 unspecified atom stereocenters. The summed E-state index contributed by atoms with van der Waals surface area (Å²) in [5.74, 6) is -0.00695. The molecule has 0 saturated heterocycles. The molecule has 4 rings (SSSR count). The minimum absolute atomic E-state index is 0.0446. The van der Waals surface area contributed by atoms with Crippen LogP contribution in [0.2, 0.25) is 0 Å². The third-order valence-corrected chi connectivity index (χ3v) is 5.93. The number of carbonyl (C=O) groups excluding carboxylic acids is 2. The van der Waals surface area contributed by atoms with Crippen molar-refractivity contribution in [3.8, 4) is 0 Å². The number of aromatic nitrogens is 3. The fourth-order valence-electron chi connectivity index (χ4n) is 4.01. The van der Waals surface area contributed by atoms with Crippen LogP contribution in [0.15, 0.2) is 78.9 Å². The van der Waals surface area contributed by atoms with Crippen LogP contribution in [-0.2, 0) is 16.1 Å². The first kappa shape index (κ1) is 24.1. The van der Waals surface area contributed by atoms with E-state index in [0.29, 0.717) is 23.7 Å². The predicted octanol–water partition coefficient (Wildman–Crippen LogP) is 4.68. The van der Waals surface area contributed by atoms with E-state index < -0.39 is 6.04 Å². The van der Waals surface area contributed by atoms with E-state index in [0.717, 1.165) is 23.1 Å². The zero-order chi connectivity index (χ0) is 24.8. The van der Waals surface area contributed by atoms with Crippen LogP contribution in [0.5, 0.6) is 0 Å². The van der Waals surface area contributed by atoms with Gasteiger partial charge in [-0.1, -0.05) is 79.2 Å². The van der Waals surface area contributed by atoms with Crippen molar-refractivity contribution in [2.45, 2.75) is 39.8 Å². The monoisotopic (exact) mass is 469 g/mol. The van der Waals surface area contributed by atoms with Crippen molar-refractivity contribution in [2.75, 3.05) is 11.4 Å². The second kappa shape index (κ2) is 11.0. The number of nitrogens with zero attached hydrogens (tertiary/aromatic N) is 4. The maximum absolute atomic E-state index is 13.9. The van der Waals surface area contributed by atoms with E-state index >= 15 is 0 Å². The van der Waals surface area contributed by atoms with Gasteiger partial charge in [-0.05, 0) is 49.1 Å². The van der Waals surface area contributed by atoms with Gasteiger partial charge in [0.05, 0.1) is 5.52 Å². The average molecular weight is 470 g/mol. The fraction of sp³-hybridized carbons (Fsp3) is 0.286. The van der Waals surface area contributed by atoms with Gasteiger partial charge in [0.15, 0.2) is 0 Å². The van der Waals surface area contributed by atoms with Crippen LogP contribution in [0.1, 0.15) is 37.4 Å². The largest absolute Gasteiger partial charge is 0.354 e. The zero-order valence-electron chi connectivity index (χ0n) is 20.4. The molecule has 3 aromatic carbocycles. The number of benzene rings is 3. The van der Waals surface area contributed by atoms with E-state index in [2.05, 4.69) is 29.5 Å². The highest BCUT2D eigenvalue weighted by Crippen LogP contribution is 2.29. The van der Waals surface area contributed by atoms with Crippen molar-refractivity contribution in [1.29, 1.82) is 0 Å². The van der Waals surface area contributed by atoms with Gasteiger partial charge in [-0.3, -0.25) is 14.5 Å². The van der Waals surface area contributed by atoms with Gasteiger partial charge < -0.3 is 5.32 Å². The van der Waals surface area contributed by atoms with Gasteiger partial charge in [-0.2, -0.15) is 0 Å². The first-order chi connectivity index (χ1) is 16.9. The van der Waals surface area contributed by atoms with Crippen LogP contribution < -0.4 is 10.2 Å². The molecule has 2 amide bonds. The molecule has 0 fully saturated rings. The van der Waals surface area contributed by atoms with Crippen LogP contribution in [0.25, 0.3) is 11.0 Å². The second-order valence-corrected chi connectivity index (χ2v) is 9.12. The molecule has 1 atom stereocenters. The van der Waals surface area contributed by atoms with Gasteiger partial charge >= 0.3 is 0 Å². The van der Waals surface area contributed by atoms with Crippen molar-refractivity contribution in [3.63, 3.8) is 0 Å². The number of aryl methyl sites for hydroxylation is 1. The number of para-hydroxylation sites is 1. The summed E-state index contributed by atoms with van der Waals surface area (Å²) in [7, 11) is 0. The number of hydrogen-bond acceptors (Lipinski definition) is 4. The number of carbonyl (C=O) groups is 2. The number of nitrogens with one attached hydrogen (secondary N) is 1. The van der Waals surface area contributed by atoms with Crippen molar-refractivity contribution in [1.82, 2.24) is 20.3 Å². The molecule has 4 aromatic rings. The molecule has 180 valence electrons. The molecular weight excluding hydrogens is 438 g/mol. The lowest BCUT2D eigenvalue weighted by molar-refractivity contribution is -0.127. The highest BCUT2D eigenvalue weighted by atomic mass is 16.2. The Balaban J connectivity index is 1.73. The molecule has 0 aliphatic carbocycles. The van der Waals surface area contributed by atoms with Crippen LogP contribution in [0.4, 0.5) is 5.69 Å². The van der Waals surface area contributed by atoms with Crippen molar-refractivity contribution < 1.29 is 9.59 Å². The molecule has 0 bridgehead atoms. The Morgan fingerprint density at radius 2 is 1.63 bits per heavy atom. The van der Waals surface area contributed by atoms with E-state index in [1.54, 1.807) is 9.58 Å². The minimum Gasteiger partial charge on any atom is -0.354 e. The number of rotatable bonds is 9. The molecule has 1 heterocycles. The van der Waals surface area contributed by atoms with Gasteiger partial charge in [0.25, 0.3) is 0 Å². The molecule has 35 heavy (non-hydrogen) atoms. The number of fused-ring (bicyclic) bond motifs is 1. The SMILES string of the molecule is Cc1ccc(N(C(=O)Cn2nnc3ccccc32)[C@H](C(=O)NCCC(C)C)c2ccccc2)cc1. The maximum Gasteiger partial charge on any atom is 0.249 e. The van der Waals surface area contributed by atoms with Crippen molar-refractivity contribution in [3.05, 3.63) is 90.0 Å². The fourth-order valence-corrected chi connectivity index (χ4v) is 4.01.